The molecule has 1 aliphatic heterocycles. The van der Waals surface area contributed by atoms with Gasteiger partial charge in [-0.05, 0) is 128 Å². The lowest BCUT2D eigenvalue weighted by Gasteiger charge is -2.36. The van der Waals surface area contributed by atoms with E-state index in [0.29, 0.717) is 66.3 Å². The summed E-state index contributed by atoms with van der Waals surface area (Å²) >= 11 is 6.82. The van der Waals surface area contributed by atoms with Gasteiger partial charge in [0.2, 0.25) is 0 Å². The molecule has 0 aliphatic carbocycles. The number of nitrogens with one attached hydrogen (secondary N) is 3. The SMILES string of the molecule is CCOC(CCNc1ccc(SNC(=O)c2ccc(N3CCC(C(O)c4ccccc4-c4ccc(Cl)cc4)CC3)cc2Oc2cnc3[nH]ccc3c2)cc1SC(F)(F)F)OCC. The molecular formula is C46H47ClF3N5O5S2. The Morgan fingerprint density at radius 3 is 2.48 bits per heavy atom. The number of rotatable bonds is 18. The standard InChI is InChI=1S/C46H47ClF3N5O5S2/c1-3-58-42(59-4-2)18-22-51-39-16-14-35(27-41(39)61-46(48,49)50)62-54-45(57)38-15-13-33(26-40(38)60-34-25-31-17-21-52-44(31)53-28-34)55-23-19-30(20-24-55)43(56)37-8-6-5-7-36(37)29-9-11-32(47)12-10-29/h5-17,21,25-28,30,42-43,51,56H,3-4,18-20,22-24H2,1-2H3,(H,52,53)(H,54,57). The summed E-state index contributed by atoms with van der Waals surface area (Å²) in [6.07, 6.45) is 4.09. The quantitative estimate of drug-likeness (QED) is 0.0377. The largest absolute Gasteiger partial charge is 0.455 e. The van der Waals surface area contributed by atoms with Gasteiger partial charge >= 0.3 is 5.51 Å². The van der Waals surface area contributed by atoms with E-state index < -0.39 is 23.8 Å². The van der Waals surface area contributed by atoms with Crippen LogP contribution in [0.4, 0.5) is 24.5 Å². The van der Waals surface area contributed by atoms with Crippen molar-refractivity contribution in [3.63, 3.8) is 0 Å². The fraction of sp³-hybridized carbons (Fsp3) is 0.304. The van der Waals surface area contributed by atoms with Crippen molar-refractivity contribution in [2.45, 2.75) is 60.8 Å². The number of aromatic nitrogens is 2. The molecule has 1 unspecified atom stereocenters. The first kappa shape index (κ1) is 45.1. The number of carbonyl (C=O) groups is 1. The summed E-state index contributed by atoms with van der Waals surface area (Å²) in [4.78, 5) is 23.9. The number of benzene rings is 4. The summed E-state index contributed by atoms with van der Waals surface area (Å²) in [5.74, 6) is 0.215. The van der Waals surface area contributed by atoms with Crippen molar-refractivity contribution in [3.05, 3.63) is 126 Å². The van der Waals surface area contributed by atoms with Crippen molar-refractivity contribution in [3.8, 4) is 22.6 Å². The maximum absolute atomic E-state index is 13.9. The number of thioether (sulfide) groups is 1. The molecule has 1 aliphatic rings. The summed E-state index contributed by atoms with van der Waals surface area (Å²) < 4.78 is 61.3. The second kappa shape index (κ2) is 21.0. The van der Waals surface area contributed by atoms with Crippen molar-refractivity contribution < 1.29 is 37.3 Å². The van der Waals surface area contributed by atoms with Gasteiger partial charge in [0.1, 0.15) is 17.1 Å². The number of fused-ring (bicyclic) bond motifs is 1. The van der Waals surface area contributed by atoms with Crippen LogP contribution in [0.5, 0.6) is 11.5 Å². The average molecular weight is 906 g/mol. The number of aliphatic hydroxyl groups is 1. The minimum absolute atomic E-state index is 0.0182. The van der Waals surface area contributed by atoms with E-state index >= 15 is 0 Å². The van der Waals surface area contributed by atoms with Gasteiger partial charge in [-0.1, -0.05) is 48.0 Å². The van der Waals surface area contributed by atoms with E-state index in [-0.39, 0.29) is 33.9 Å². The van der Waals surface area contributed by atoms with Crippen LogP contribution in [0.1, 0.15) is 55.1 Å². The number of halogens is 4. The Labute approximate surface area is 372 Å². The molecule has 2 aromatic heterocycles. The molecule has 62 heavy (non-hydrogen) atoms. The highest BCUT2D eigenvalue weighted by Gasteiger charge is 2.31. The molecule has 7 rings (SSSR count). The Balaban J connectivity index is 1.06. The second-order valence-electron chi connectivity index (χ2n) is 14.5. The van der Waals surface area contributed by atoms with Gasteiger partial charge in [0.05, 0.1) is 17.9 Å². The van der Waals surface area contributed by atoms with Gasteiger partial charge in [0, 0.05) is 83.1 Å². The molecule has 1 saturated heterocycles. The number of alkyl halides is 3. The van der Waals surface area contributed by atoms with Crippen molar-refractivity contribution in [2.24, 2.45) is 5.92 Å². The zero-order chi connectivity index (χ0) is 43.6. The lowest BCUT2D eigenvalue weighted by Crippen LogP contribution is -2.35. The Morgan fingerprint density at radius 1 is 0.984 bits per heavy atom. The van der Waals surface area contributed by atoms with Gasteiger partial charge in [-0.25, -0.2) is 4.98 Å². The summed E-state index contributed by atoms with van der Waals surface area (Å²) in [7, 11) is 0. The smallest absolute Gasteiger partial charge is 0.446 e. The van der Waals surface area contributed by atoms with Crippen LogP contribution in [-0.2, 0) is 9.47 Å². The summed E-state index contributed by atoms with van der Waals surface area (Å²) in [5.41, 5.74) is 0.335. The van der Waals surface area contributed by atoms with Gasteiger partial charge in [-0.15, -0.1) is 0 Å². The van der Waals surface area contributed by atoms with Crippen LogP contribution in [0.2, 0.25) is 5.02 Å². The first-order valence-electron chi connectivity index (χ1n) is 20.3. The van der Waals surface area contributed by atoms with E-state index in [9.17, 15) is 23.1 Å². The van der Waals surface area contributed by atoms with E-state index in [2.05, 4.69) is 24.9 Å². The Kier molecular flexibility index (Phi) is 15.3. The van der Waals surface area contributed by atoms with Crippen LogP contribution in [0.3, 0.4) is 0 Å². The number of nitrogens with zero attached hydrogens (tertiary/aromatic N) is 2. The number of amides is 1. The van der Waals surface area contributed by atoms with E-state index in [1.165, 1.54) is 6.07 Å². The highest BCUT2D eigenvalue weighted by atomic mass is 35.5. The molecule has 0 bridgehead atoms. The maximum Gasteiger partial charge on any atom is 0.446 e. The van der Waals surface area contributed by atoms with Crippen molar-refractivity contribution in [1.82, 2.24) is 14.7 Å². The molecule has 0 saturated carbocycles. The third-order valence-electron chi connectivity index (χ3n) is 10.4. The van der Waals surface area contributed by atoms with Crippen LogP contribution < -0.4 is 19.7 Å². The maximum atomic E-state index is 13.9. The van der Waals surface area contributed by atoms with E-state index in [1.807, 2.05) is 86.6 Å². The molecule has 0 radical (unpaired) electrons. The Morgan fingerprint density at radius 2 is 1.74 bits per heavy atom. The topological polar surface area (TPSA) is 121 Å². The molecule has 4 aromatic carbocycles. The lowest BCUT2D eigenvalue weighted by molar-refractivity contribution is -0.137. The van der Waals surface area contributed by atoms with Gasteiger partial charge in [-0.2, -0.15) is 13.2 Å². The van der Waals surface area contributed by atoms with Crippen molar-refractivity contribution in [2.75, 3.05) is 43.1 Å². The van der Waals surface area contributed by atoms with Crippen LogP contribution in [0, 0.1) is 5.92 Å². The van der Waals surface area contributed by atoms with Crippen molar-refractivity contribution in [1.29, 1.82) is 0 Å². The summed E-state index contributed by atoms with van der Waals surface area (Å²) in [5, 5.41) is 16.2. The first-order chi connectivity index (χ1) is 30.0. The molecule has 1 fully saturated rings. The molecule has 10 nitrogen and oxygen atoms in total. The normalized spacial score (nSPS) is 14.0. The van der Waals surface area contributed by atoms with Gasteiger partial charge in [-0.3, -0.25) is 9.52 Å². The zero-order valence-electron chi connectivity index (χ0n) is 34.1. The number of H-pyrrole nitrogens is 1. The number of anilines is 2. The molecule has 1 amide bonds. The van der Waals surface area contributed by atoms with E-state index in [4.69, 9.17) is 25.8 Å². The van der Waals surface area contributed by atoms with E-state index in [0.717, 1.165) is 52.6 Å². The van der Waals surface area contributed by atoms with Gasteiger partial charge < -0.3 is 34.5 Å². The van der Waals surface area contributed by atoms with E-state index in [1.54, 1.807) is 30.6 Å². The van der Waals surface area contributed by atoms with Crippen molar-refractivity contribution >= 4 is 63.6 Å². The van der Waals surface area contributed by atoms with Gasteiger partial charge in [0.15, 0.2) is 6.29 Å². The Bertz CT molecular complexity index is 2430. The highest BCUT2D eigenvalue weighted by molar-refractivity contribution is 8.00. The molecule has 1 atom stereocenters. The highest BCUT2D eigenvalue weighted by Crippen LogP contribution is 2.43. The minimum Gasteiger partial charge on any atom is -0.455 e. The average Bonchev–Trinajstić information content (AvgIpc) is 3.74. The number of carbonyl (C=O) groups excluding carboxylic acids is 1. The number of pyridine rings is 1. The molecule has 326 valence electrons. The minimum atomic E-state index is -4.53. The van der Waals surface area contributed by atoms with Crippen LogP contribution >= 0.6 is 35.3 Å². The predicted octanol–water partition coefficient (Wildman–Crippen LogP) is 11.9. The third-order valence-corrected chi connectivity index (χ3v) is 12.3. The Hall–Kier alpha value is -4.90. The second-order valence-corrected chi connectivity index (χ2v) is 17.0. The van der Waals surface area contributed by atoms with Crippen LogP contribution in [0.25, 0.3) is 22.2 Å². The summed E-state index contributed by atoms with van der Waals surface area (Å²) in [6.45, 7) is 6.23. The fourth-order valence-corrected chi connectivity index (χ4v) is 8.97. The lowest BCUT2D eigenvalue weighted by atomic mass is 9.84. The molecule has 6 aromatic rings. The number of aliphatic hydroxyl groups excluding tert-OH is 1. The molecular weight excluding hydrogens is 859 g/mol. The van der Waals surface area contributed by atoms with Crippen LogP contribution in [-0.4, -0.2) is 65.6 Å². The number of hydrogen-bond acceptors (Lipinski definition) is 10. The molecule has 3 heterocycles. The zero-order valence-corrected chi connectivity index (χ0v) is 36.5. The fourth-order valence-electron chi connectivity index (χ4n) is 7.45. The molecule has 16 heteroatoms. The third kappa shape index (κ3) is 11.8. The molecule has 4 N–H and O–H groups in total. The van der Waals surface area contributed by atoms with Crippen LogP contribution in [0.15, 0.2) is 119 Å². The number of aromatic amines is 1. The summed E-state index contributed by atoms with van der Waals surface area (Å²) in [6, 6.07) is 29.1. The number of hydrogen-bond donors (Lipinski definition) is 4. The number of ether oxygens (including phenoxy) is 3. The molecule has 0 spiro atoms. The monoisotopic (exact) mass is 905 g/mol. The first-order valence-corrected chi connectivity index (χ1v) is 22.4. The number of piperidine rings is 1. The van der Waals surface area contributed by atoms with Gasteiger partial charge in [0.25, 0.3) is 5.91 Å². The predicted molar refractivity (Wildman–Crippen MR) is 241 cm³/mol.